The highest BCUT2D eigenvalue weighted by Gasteiger charge is 2.31. The number of fused-ring (bicyclic) bond motifs is 1. The van der Waals surface area contributed by atoms with Crippen molar-refractivity contribution in [2.24, 2.45) is 22.7 Å². The molecule has 8 heteroatoms. The Morgan fingerprint density at radius 1 is 1.26 bits per heavy atom. The topological polar surface area (TPSA) is 106 Å². The minimum Gasteiger partial charge on any atom is -0.461 e. The molecule has 2 heterocycles. The van der Waals surface area contributed by atoms with E-state index in [0.717, 1.165) is 73.8 Å². The minimum absolute atomic E-state index is 0.0248. The summed E-state index contributed by atoms with van der Waals surface area (Å²) in [6.45, 7) is 5.21. The molecule has 1 aliphatic carbocycles. The van der Waals surface area contributed by atoms with Gasteiger partial charge >= 0.3 is 5.97 Å². The Kier molecular flexibility index (Phi) is 9.86. The molecule has 0 radical (unpaired) electrons. The summed E-state index contributed by atoms with van der Waals surface area (Å²) in [4.78, 5) is 41.7. The number of carbonyl (C=O) groups excluding carboxylic acids is 3. The largest absolute Gasteiger partial charge is 0.461 e. The van der Waals surface area contributed by atoms with E-state index in [-0.39, 0.29) is 29.8 Å². The molecule has 3 aliphatic rings. The molecular weight excluding hydrogens is 482 g/mol. The Labute approximate surface area is 225 Å². The zero-order valence-corrected chi connectivity index (χ0v) is 22.8. The quantitative estimate of drug-likeness (QED) is 0.337. The van der Waals surface area contributed by atoms with Crippen LogP contribution in [0.5, 0.6) is 0 Å². The number of carbonyl (C=O) groups is 3. The summed E-state index contributed by atoms with van der Waals surface area (Å²) < 4.78 is 11.1. The van der Waals surface area contributed by atoms with E-state index in [1.165, 1.54) is 5.56 Å². The summed E-state index contributed by atoms with van der Waals surface area (Å²) in [7, 11) is 1.72. The highest BCUT2D eigenvalue weighted by atomic mass is 16.5. The number of nitrogens with one attached hydrogen (secondary N) is 2. The SMILES string of the molecule is COCCC1CCc2ccc(CNC(C(=O)OC3CCCC3)[C@@H](C)C=O)cc2N=C1C1C=C(C)C(=O)NC1. The second-order valence-corrected chi connectivity index (χ2v) is 10.9. The number of benzene rings is 1. The first kappa shape index (κ1) is 28.2. The van der Waals surface area contributed by atoms with Crippen molar-refractivity contribution in [2.45, 2.75) is 77.5 Å². The van der Waals surface area contributed by atoms with Crippen molar-refractivity contribution < 1.29 is 23.9 Å². The number of amides is 1. The molecule has 4 atom stereocenters. The number of methoxy groups -OCH3 is 1. The number of rotatable bonds is 11. The first-order valence-electron chi connectivity index (χ1n) is 13.9. The van der Waals surface area contributed by atoms with Crippen molar-refractivity contribution in [2.75, 3.05) is 20.3 Å². The third-order valence-electron chi connectivity index (χ3n) is 8.03. The molecule has 2 N–H and O–H groups in total. The van der Waals surface area contributed by atoms with Crippen LogP contribution in [0.4, 0.5) is 5.69 Å². The van der Waals surface area contributed by atoms with Crippen LogP contribution in [0.25, 0.3) is 0 Å². The summed E-state index contributed by atoms with van der Waals surface area (Å²) in [5, 5.41) is 6.27. The molecule has 8 nitrogen and oxygen atoms in total. The predicted molar refractivity (Wildman–Crippen MR) is 146 cm³/mol. The van der Waals surface area contributed by atoms with Gasteiger partial charge in [0.2, 0.25) is 5.91 Å². The third-order valence-corrected chi connectivity index (χ3v) is 8.03. The fourth-order valence-corrected chi connectivity index (χ4v) is 5.68. The zero-order chi connectivity index (χ0) is 27.1. The number of ether oxygens (including phenoxy) is 2. The van der Waals surface area contributed by atoms with E-state index in [9.17, 15) is 14.4 Å². The van der Waals surface area contributed by atoms with Crippen LogP contribution < -0.4 is 10.6 Å². The summed E-state index contributed by atoms with van der Waals surface area (Å²) in [6.07, 6.45) is 9.49. The number of nitrogens with zero attached hydrogens (tertiary/aromatic N) is 1. The first-order valence-corrected chi connectivity index (χ1v) is 13.9. The smallest absolute Gasteiger partial charge is 0.324 e. The van der Waals surface area contributed by atoms with E-state index < -0.39 is 12.0 Å². The van der Waals surface area contributed by atoms with E-state index in [0.29, 0.717) is 19.7 Å². The molecule has 1 aromatic rings. The van der Waals surface area contributed by atoms with Gasteiger partial charge in [-0.2, -0.15) is 0 Å². The lowest BCUT2D eigenvalue weighted by Gasteiger charge is -2.26. The van der Waals surface area contributed by atoms with Gasteiger partial charge in [-0.3, -0.25) is 19.9 Å². The van der Waals surface area contributed by atoms with E-state index in [4.69, 9.17) is 14.5 Å². The normalized spacial score (nSPS) is 23.4. The third kappa shape index (κ3) is 6.97. The Hall–Kier alpha value is -2.84. The van der Waals surface area contributed by atoms with Crippen molar-refractivity contribution in [3.8, 4) is 0 Å². The van der Waals surface area contributed by atoms with Crippen molar-refractivity contribution >= 4 is 29.6 Å². The number of aryl methyl sites for hydroxylation is 1. The van der Waals surface area contributed by atoms with Crippen LogP contribution >= 0.6 is 0 Å². The maximum atomic E-state index is 12.9. The van der Waals surface area contributed by atoms with E-state index >= 15 is 0 Å². The number of aliphatic imine (C=N–C) groups is 1. The number of aldehydes is 1. The molecule has 0 bridgehead atoms. The molecule has 1 fully saturated rings. The first-order chi connectivity index (χ1) is 18.4. The summed E-state index contributed by atoms with van der Waals surface area (Å²) in [5.74, 6) is -0.564. The van der Waals surface area contributed by atoms with Gasteiger partial charge in [0.25, 0.3) is 0 Å². The molecule has 1 saturated carbocycles. The van der Waals surface area contributed by atoms with Crippen LogP contribution in [-0.2, 0) is 36.8 Å². The minimum atomic E-state index is -0.691. The van der Waals surface area contributed by atoms with Gasteiger partial charge in [-0.25, -0.2) is 0 Å². The van der Waals surface area contributed by atoms with Crippen molar-refractivity contribution in [3.05, 3.63) is 41.0 Å². The number of hydrogen-bond acceptors (Lipinski definition) is 7. The Morgan fingerprint density at radius 3 is 2.76 bits per heavy atom. The van der Waals surface area contributed by atoms with E-state index in [1.54, 1.807) is 14.0 Å². The molecule has 0 aromatic heterocycles. The van der Waals surface area contributed by atoms with Gasteiger partial charge in [-0.15, -0.1) is 0 Å². The standard InChI is InChI=1S/C30H41N3O5/c1-19-14-24(17-32-29(19)35)28-23(12-13-37-3)11-10-22-9-8-21(15-26(22)33-28)16-31-27(20(2)18-34)30(36)38-25-6-4-5-7-25/h8-9,14-15,18,20,23-25,27,31H,4-7,10-13,16-17H2,1-3H3,(H,32,35)/t20-,23?,24?,27?/m0/s1. The maximum Gasteiger partial charge on any atom is 0.324 e. The van der Waals surface area contributed by atoms with Gasteiger partial charge in [0.1, 0.15) is 18.4 Å². The monoisotopic (exact) mass is 523 g/mol. The van der Waals surface area contributed by atoms with Crippen LogP contribution in [0.15, 0.2) is 34.8 Å². The van der Waals surface area contributed by atoms with Gasteiger partial charge in [0, 0.05) is 55.8 Å². The molecule has 1 aromatic carbocycles. The van der Waals surface area contributed by atoms with Gasteiger partial charge in [-0.1, -0.05) is 25.1 Å². The van der Waals surface area contributed by atoms with Crippen LogP contribution in [-0.4, -0.2) is 56.3 Å². The van der Waals surface area contributed by atoms with Gasteiger partial charge in [0.15, 0.2) is 0 Å². The lowest BCUT2D eigenvalue weighted by atomic mass is 9.84. The second-order valence-electron chi connectivity index (χ2n) is 10.9. The summed E-state index contributed by atoms with van der Waals surface area (Å²) >= 11 is 0. The zero-order valence-electron chi connectivity index (χ0n) is 22.8. The Balaban J connectivity index is 1.54. The molecule has 4 rings (SSSR count). The Bertz CT molecular complexity index is 1080. The highest BCUT2D eigenvalue weighted by Crippen LogP contribution is 2.33. The molecule has 38 heavy (non-hydrogen) atoms. The van der Waals surface area contributed by atoms with Gasteiger partial charge in [0.05, 0.1) is 5.69 Å². The van der Waals surface area contributed by atoms with E-state index in [2.05, 4.69) is 28.8 Å². The fraction of sp³-hybridized carbons (Fsp3) is 0.600. The lowest BCUT2D eigenvalue weighted by molar-refractivity contribution is -0.153. The van der Waals surface area contributed by atoms with Crippen LogP contribution in [0.1, 0.15) is 63.5 Å². The molecular formula is C30H41N3O5. The summed E-state index contributed by atoms with van der Waals surface area (Å²) in [6, 6.07) is 5.56. The highest BCUT2D eigenvalue weighted by molar-refractivity contribution is 5.99. The number of hydrogen-bond donors (Lipinski definition) is 2. The van der Waals surface area contributed by atoms with Crippen molar-refractivity contribution in [3.63, 3.8) is 0 Å². The predicted octanol–water partition coefficient (Wildman–Crippen LogP) is 3.83. The van der Waals surface area contributed by atoms with Crippen LogP contribution in [0.2, 0.25) is 0 Å². The second kappa shape index (κ2) is 13.3. The molecule has 3 unspecified atom stereocenters. The maximum absolute atomic E-state index is 12.9. The van der Waals surface area contributed by atoms with Crippen LogP contribution in [0.3, 0.4) is 0 Å². The van der Waals surface area contributed by atoms with Gasteiger partial charge in [-0.05, 0) is 69.1 Å². The van der Waals surface area contributed by atoms with Gasteiger partial charge < -0.3 is 19.6 Å². The average Bonchev–Trinajstić information content (AvgIpc) is 3.35. The molecule has 2 aliphatic heterocycles. The molecule has 206 valence electrons. The molecule has 1 amide bonds. The lowest BCUT2D eigenvalue weighted by Crippen LogP contribution is -2.44. The summed E-state index contributed by atoms with van der Waals surface area (Å²) in [5.41, 5.74) is 4.90. The molecule has 0 spiro atoms. The average molecular weight is 524 g/mol. The van der Waals surface area contributed by atoms with Crippen LogP contribution in [0, 0.1) is 17.8 Å². The van der Waals surface area contributed by atoms with Crippen molar-refractivity contribution in [1.82, 2.24) is 10.6 Å². The fourth-order valence-electron chi connectivity index (χ4n) is 5.68. The molecule has 0 saturated heterocycles. The van der Waals surface area contributed by atoms with E-state index in [1.807, 2.05) is 13.0 Å². The Morgan fingerprint density at radius 2 is 2.05 bits per heavy atom. The number of esters is 1. The van der Waals surface area contributed by atoms with Crippen molar-refractivity contribution in [1.29, 1.82) is 0 Å².